The number of rotatable bonds is 7. The van der Waals surface area contributed by atoms with Gasteiger partial charge in [0.1, 0.15) is 0 Å². The monoisotopic (exact) mass is 363 g/mol. The van der Waals surface area contributed by atoms with Gasteiger partial charge in [0, 0.05) is 31.3 Å². The molecule has 2 aromatic rings. The van der Waals surface area contributed by atoms with Gasteiger partial charge < -0.3 is 14.6 Å². The lowest BCUT2D eigenvalue weighted by Crippen LogP contribution is -2.32. The van der Waals surface area contributed by atoms with Crippen LogP contribution in [0.25, 0.3) is 10.9 Å². The fraction of sp³-hybridized carbons (Fsp3) is 0.556. The van der Waals surface area contributed by atoms with E-state index in [2.05, 4.69) is 9.88 Å². The Balaban J connectivity index is 1.35. The summed E-state index contributed by atoms with van der Waals surface area (Å²) in [5, 5.41) is 1.03. The van der Waals surface area contributed by atoms with Gasteiger partial charge in [-0.2, -0.15) is 4.31 Å². The molecule has 2 fully saturated rings. The SMILES string of the molecule is CN(C)CCOCC1C2CN(S(=O)(=O)c3ccc4cc[nH]c4c3)CC12. The zero-order valence-electron chi connectivity index (χ0n) is 14.7. The summed E-state index contributed by atoms with van der Waals surface area (Å²) in [7, 11) is 0.656. The molecule has 0 spiro atoms. The molecule has 0 amide bonds. The molecule has 1 N–H and O–H groups in total. The molecule has 1 aromatic carbocycles. The number of fused-ring (bicyclic) bond motifs is 2. The Bertz CT molecular complexity index is 849. The summed E-state index contributed by atoms with van der Waals surface area (Å²) in [5.74, 6) is 1.45. The second-order valence-electron chi connectivity index (χ2n) is 7.42. The van der Waals surface area contributed by atoms with Gasteiger partial charge in [-0.15, -0.1) is 0 Å². The number of nitrogens with zero attached hydrogens (tertiary/aromatic N) is 2. The standard InChI is InChI=1S/C18H25N3O3S/c1-20(2)7-8-24-12-17-15-10-21(11-16(15)17)25(22,23)14-4-3-13-5-6-19-18(13)9-14/h3-6,9,15-17,19H,7-8,10-12H2,1-2H3. The molecular weight excluding hydrogens is 338 g/mol. The summed E-state index contributed by atoms with van der Waals surface area (Å²) in [6.45, 7) is 3.66. The predicted molar refractivity (Wildman–Crippen MR) is 96.9 cm³/mol. The number of likely N-dealkylation sites (N-methyl/N-ethyl adjacent to an activating group) is 1. The van der Waals surface area contributed by atoms with Crippen LogP contribution in [-0.4, -0.2) is 69.6 Å². The van der Waals surface area contributed by atoms with Crippen molar-refractivity contribution < 1.29 is 13.2 Å². The number of H-pyrrole nitrogens is 1. The molecule has 4 rings (SSSR count). The molecule has 2 heterocycles. The Morgan fingerprint density at radius 2 is 2.00 bits per heavy atom. The normalized spacial score (nSPS) is 26.4. The van der Waals surface area contributed by atoms with Crippen LogP contribution in [0.15, 0.2) is 35.4 Å². The summed E-state index contributed by atoms with van der Waals surface area (Å²) >= 11 is 0. The van der Waals surface area contributed by atoms with Crippen LogP contribution in [0.4, 0.5) is 0 Å². The first kappa shape index (κ1) is 17.0. The van der Waals surface area contributed by atoms with E-state index in [1.165, 1.54) is 0 Å². The van der Waals surface area contributed by atoms with Gasteiger partial charge in [-0.25, -0.2) is 8.42 Å². The molecule has 2 unspecified atom stereocenters. The molecule has 1 saturated heterocycles. The highest BCUT2D eigenvalue weighted by molar-refractivity contribution is 7.89. The summed E-state index contributed by atoms with van der Waals surface area (Å²) in [6.07, 6.45) is 1.83. The van der Waals surface area contributed by atoms with Crippen molar-refractivity contribution in [2.45, 2.75) is 4.90 Å². The van der Waals surface area contributed by atoms with Crippen LogP contribution in [0.5, 0.6) is 0 Å². The van der Waals surface area contributed by atoms with Crippen LogP contribution in [0.1, 0.15) is 0 Å². The Kier molecular flexibility index (Phi) is 4.35. The van der Waals surface area contributed by atoms with E-state index in [9.17, 15) is 8.42 Å². The number of piperidine rings is 1. The van der Waals surface area contributed by atoms with Crippen molar-refractivity contribution in [1.29, 1.82) is 0 Å². The number of hydrogen-bond donors (Lipinski definition) is 1. The summed E-state index contributed by atoms with van der Waals surface area (Å²) in [4.78, 5) is 5.56. The summed E-state index contributed by atoms with van der Waals surface area (Å²) in [5.41, 5.74) is 0.859. The van der Waals surface area contributed by atoms with Crippen molar-refractivity contribution in [2.75, 3.05) is 46.9 Å². The van der Waals surface area contributed by atoms with E-state index in [4.69, 9.17) is 4.74 Å². The van der Waals surface area contributed by atoms with Gasteiger partial charge in [0.15, 0.2) is 0 Å². The lowest BCUT2D eigenvalue weighted by atomic mass is 10.2. The predicted octanol–water partition coefficient (Wildman–Crippen LogP) is 1.61. The molecule has 6 nitrogen and oxygen atoms in total. The Hall–Kier alpha value is -1.41. The maximum absolute atomic E-state index is 12.9. The molecule has 2 atom stereocenters. The minimum absolute atomic E-state index is 0.377. The average molecular weight is 363 g/mol. The van der Waals surface area contributed by atoms with E-state index in [1.54, 1.807) is 16.4 Å². The van der Waals surface area contributed by atoms with Crippen molar-refractivity contribution in [3.63, 3.8) is 0 Å². The zero-order valence-corrected chi connectivity index (χ0v) is 15.5. The first-order valence-electron chi connectivity index (χ1n) is 8.76. The topological polar surface area (TPSA) is 65.6 Å². The average Bonchev–Trinajstić information content (AvgIpc) is 2.98. The zero-order chi connectivity index (χ0) is 17.6. The highest BCUT2D eigenvalue weighted by Crippen LogP contribution is 2.52. The number of hydrogen-bond acceptors (Lipinski definition) is 4. The largest absolute Gasteiger partial charge is 0.380 e. The molecule has 7 heteroatoms. The molecule has 0 radical (unpaired) electrons. The molecule has 25 heavy (non-hydrogen) atoms. The maximum atomic E-state index is 12.9. The summed E-state index contributed by atoms with van der Waals surface area (Å²) in [6, 6.07) is 7.24. The van der Waals surface area contributed by atoms with Crippen LogP contribution in [0.2, 0.25) is 0 Å². The maximum Gasteiger partial charge on any atom is 0.243 e. The van der Waals surface area contributed by atoms with Gasteiger partial charge in [0.05, 0.1) is 18.1 Å². The summed E-state index contributed by atoms with van der Waals surface area (Å²) < 4.78 is 33.1. The quantitative estimate of drug-likeness (QED) is 0.759. The lowest BCUT2D eigenvalue weighted by Gasteiger charge is -2.20. The van der Waals surface area contributed by atoms with E-state index in [0.29, 0.717) is 35.7 Å². The van der Waals surface area contributed by atoms with Crippen LogP contribution < -0.4 is 0 Å². The van der Waals surface area contributed by atoms with E-state index in [-0.39, 0.29) is 0 Å². The highest BCUT2D eigenvalue weighted by Gasteiger charge is 2.57. The molecule has 2 aliphatic rings. The van der Waals surface area contributed by atoms with Crippen molar-refractivity contribution in [3.05, 3.63) is 30.5 Å². The third-order valence-electron chi connectivity index (χ3n) is 5.50. The Labute approximate surface area is 148 Å². The van der Waals surface area contributed by atoms with E-state index >= 15 is 0 Å². The van der Waals surface area contributed by atoms with Gasteiger partial charge >= 0.3 is 0 Å². The van der Waals surface area contributed by atoms with Crippen LogP contribution in [-0.2, 0) is 14.8 Å². The van der Waals surface area contributed by atoms with Gasteiger partial charge in [-0.1, -0.05) is 6.07 Å². The van der Waals surface area contributed by atoms with Crippen molar-refractivity contribution in [2.24, 2.45) is 17.8 Å². The number of nitrogens with one attached hydrogen (secondary N) is 1. The Morgan fingerprint density at radius 1 is 1.24 bits per heavy atom. The van der Waals surface area contributed by atoms with Crippen LogP contribution >= 0.6 is 0 Å². The first-order valence-corrected chi connectivity index (χ1v) is 10.2. The van der Waals surface area contributed by atoms with E-state index < -0.39 is 10.0 Å². The molecule has 1 aliphatic heterocycles. The van der Waals surface area contributed by atoms with Gasteiger partial charge in [0.25, 0.3) is 0 Å². The molecule has 1 saturated carbocycles. The van der Waals surface area contributed by atoms with E-state index in [0.717, 1.165) is 30.7 Å². The molecule has 1 aliphatic carbocycles. The van der Waals surface area contributed by atoms with Crippen LogP contribution in [0, 0.1) is 17.8 Å². The molecular formula is C18H25N3O3S. The van der Waals surface area contributed by atoms with Gasteiger partial charge in [0.2, 0.25) is 10.0 Å². The van der Waals surface area contributed by atoms with Gasteiger partial charge in [-0.3, -0.25) is 0 Å². The number of aromatic amines is 1. The number of ether oxygens (including phenoxy) is 1. The third-order valence-corrected chi connectivity index (χ3v) is 7.32. The fourth-order valence-corrected chi connectivity index (χ4v) is 5.40. The molecule has 136 valence electrons. The minimum atomic E-state index is -3.40. The second kappa shape index (κ2) is 6.39. The van der Waals surface area contributed by atoms with Gasteiger partial charge in [-0.05, 0) is 55.4 Å². The number of benzene rings is 1. The van der Waals surface area contributed by atoms with Crippen molar-refractivity contribution in [1.82, 2.24) is 14.2 Å². The first-order chi connectivity index (χ1) is 12.0. The molecule has 1 aromatic heterocycles. The fourth-order valence-electron chi connectivity index (χ4n) is 3.86. The minimum Gasteiger partial charge on any atom is -0.380 e. The Morgan fingerprint density at radius 3 is 2.72 bits per heavy atom. The second-order valence-corrected chi connectivity index (χ2v) is 9.36. The van der Waals surface area contributed by atoms with Crippen molar-refractivity contribution >= 4 is 20.9 Å². The third kappa shape index (κ3) is 3.21. The lowest BCUT2D eigenvalue weighted by molar-refractivity contribution is 0.100. The van der Waals surface area contributed by atoms with Crippen LogP contribution in [0.3, 0.4) is 0 Å². The highest BCUT2D eigenvalue weighted by atomic mass is 32.2. The number of aromatic nitrogens is 1. The molecule has 0 bridgehead atoms. The number of sulfonamides is 1. The van der Waals surface area contributed by atoms with Crippen molar-refractivity contribution in [3.8, 4) is 0 Å². The smallest absolute Gasteiger partial charge is 0.243 e. The van der Waals surface area contributed by atoms with E-state index in [1.807, 2.05) is 32.4 Å².